The van der Waals surface area contributed by atoms with E-state index in [1.807, 2.05) is 44.2 Å². The second-order valence-electron chi connectivity index (χ2n) is 5.67. The number of nitrogens with one attached hydrogen (secondary N) is 2. The summed E-state index contributed by atoms with van der Waals surface area (Å²) >= 11 is 0. The molecule has 0 radical (unpaired) electrons. The molecule has 2 rings (SSSR count). The first-order valence-corrected chi connectivity index (χ1v) is 9.27. The van der Waals surface area contributed by atoms with Gasteiger partial charge in [0, 0.05) is 6.54 Å². The van der Waals surface area contributed by atoms with Crippen LogP contribution in [-0.4, -0.2) is 28.0 Å². The van der Waals surface area contributed by atoms with E-state index in [0.29, 0.717) is 6.54 Å². The average molecular weight is 362 g/mol. The molecule has 0 saturated heterocycles. The van der Waals surface area contributed by atoms with Crippen molar-refractivity contribution in [2.24, 2.45) is 0 Å². The highest BCUT2D eigenvalue weighted by atomic mass is 32.2. The Morgan fingerprint density at radius 3 is 2.36 bits per heavy atom. The van der Waals surface area contributed by atoms with Crippen LogP contribution in [0.25, 0.3) is 0 Å². The van der Waals surface area contributed by atoms with Crippen molar-refractivity contribution < 1.29 is 17.9 Å². The molecule has 2 aromatic rings. The molecule has 6 nitrogen and oxygen atoms in total. The fraction of sp³-hybridized carbons (Fsp3) is 0.278. The van der Waals surface area contributed by atoms with Crippen molar-refractivity contribution in [3.63, 3.8) is 0 Å². The maximum atomic E-state index is 12.5. The van der Waals surface area contributed by atoms with Gasteiger partial charge in [-0.25, -0.2) is 13.1 Å². The Kier molecular flexibility index (Phi) is 6.17. The molecule has 7 heteroatoms. The minimum atomic E-state index is -3.86. The van der Waals surface area contributed by atoms with Crippen molar-refractivity contribution in [1.82, 2.24) is 10.0 Å². The van der Waals surface area contributed by atoms with Gasteiger partial charge in [0.1, 0.15) is 10.6 Å². The fourth-order valence-corrected chi connectivity index (χ4v) is 3.45. The lowest BCUT2D eigenvalue weighted by Gasteiger charge is -2.13. The SMILES string of the molecule is COc1cc(C)c(C)cc1S(=O)(=O)NCC(=O)NCc1ccccc1. The molecule has 0 atom stereocenters. The number of benzene rings is 2. The summed E-state index contributed by atoms with van der Waals surface area (Å²) in [6.07, 6.45) is 0. The molecule has 0 aliphatic heterocycles. The van der Waals surface area contributed by atoms with Gasteiger partial charge in [0.05, 0.1) is 13.7 Å². The lowest BCUT2D eigenvalue weighted by atomic mass is 10.1. The molecular weight excluding hydrogens is 340 g/mol. The molecule has 0 aliphatic carbocycles. The standard InChI is InChI=1S/C18H22N2O4S/c1-13-9-16(24-3)17(10-14(13)2)25(22,23)20-12-18(21)19-11-15-7-5-4-6-8-15/h4-10,20H,11-12H2,1-3H3,(H,19,21). The fourth-order valence-electron chi connectivity index (χ4n) is 2.23. The first-order chi connectivity index (χ1) is 11.8. The summed E-state index contributed by atoms with van der Waals surface area (Å²) in [4.78, 5) is 11.9. The van der Waals surface area contributed by atoms with E-state index in [2.05, 4.69) is 10.0 Å². The molecule has 0 bridgehead atoms. The van der Waals surface area contributed by atoms with E-state index in [1.165, 1.54) is 7.11 Å². The van der Waals surface area contributed by atoms with Gasteiger partial charge >= 0.3 is 0 Å². The topological polar surface area (TPSA) is 84.5 Å². The van der Waals surface area contributed by atoms with Crippen molar-refractivity contribution in [3.05, 3.63) is 59.2 Å². The zero-order valence-corrected chi connectivity index (χ0v) is 15.3. The largest absolute Gasteiger partial charge is 0.495 e. The van der Waals surface area contributed by atoms with Crippen molar-refractivity contribution in [2.75, 3.05) is 13.7 Å². The van der Waals surface area contributed by atoms with Crippen LogP contribution in [0.1, 0.15) is 16.7 Å². The first kappa shape index (κ1) is 19.0. The normalized spacial score (nSPS) is 11.2. The lowest BCUT2D eigenvalue weighted by molar-refractivity contribution is -0.120. The first-order valence-electron chi connectivity index (χ1n) is 7.79. The molecule has 0 heterocycles. The van der Waals surface area contributed by atoms with Crippen LogP contribution < -0.4 is 14.8 Å². The Morgan fingerprint density at radius 1 is 1.08 bits per heavy atom. The molecule has 0 spiro atoms. The summed E-state index contributed by atoms with van der Waals surface area (Å²) in [7, 11) is -2.44. The number of methoxy groups -OCH3 is 1. The maximum Gasteiger partial charge on any atom is 0.244 e. The highest BCUT2D eigenvalue weighted by Crippen LogP contribution is 2.27. The molecule has 2 aromatic carbocycles. The monoisotopic (exact) mass is 362 g/mol. The zero-order valence-electron chi connectivity index (χ0n) is 14.5. The van der Waals surface area contributed by atoms with E-state index in [9.17, 15) is 13.2 Å². The Hall–Kier alpha value is -2.38. The van der Waals surface area contributed by atoms with Gasteiger partial charge in [-0.3, -0.25) is 4.79 Å². The number of hydrogen-bond acceptors (Lipinski definition) is 4. The number of sulfonamides is 1. The van der Waals surface area contributed by atoms with E-state index in [4.69, 9.17) is 4.74 Å². The van der Waals surface area contributed by atoms with Gasteiger partial charge < -0.3 is 10.1 Å². The second-order valence-corrected chi connectivity index (χ2v) is 7.41. The van der Waals surface area contributed by atoms with Gasteiger partial charge in [-0.2, -0.15) is 0 Å². The minimum absolute atomic E-state index is 0.0222. The highest BCUT2D eigenvalue weighted by Gasteiger charge is 2.21. The van der Waals surface area contributed by atoms with E-state index in [1.54, 1.807) is 12.1 Å². The Balaban J connectivity index is 2.02. The van der Waals surface area contributed by atoms with Crippen LogP contribution in [0.3, 0.4) is 0 Å². The lowest BCUT2D eigenvalue weighted by Crippen LogP contribution is -2.36. The van der Waals surface area contributed by atoms with Gasteiger partial charge in [0.25, 0.3) is 0 Å². The van der Waals surface area contributed by atoms with Crippen molar-refractivity contribution in [2.45, 2.75) is 25.3 Å². The molecule has 0 saturated carbocycles. The van der Waals surface area contributed by atoms with Gasteiger partial charge in [-0.1, -0.05) is 30.3 Å². The average Bonchev–Trinajstić information content (AvgIpc) is 2.61. The summed E-state index contributed by atoms with van der Waals surface area (Å²) < 4.78 is 32.4. The third-order valence-electron chi connectivity index (χ3n) is 3.82. The van der Waals surface area contributed by atoms with Crippen LogP contribution in [0.15, 0.2) is 47.4 Å². The Labute approximate surface area is 148 Å². The van der Waals surface area contributed by atoms with E-state index in [0.717, 1.165) is 16.7 Å². The molecule has 0 aliphatic rings. The van der Waals surface area contributed by atoms with Crippen LogP contribution in [0.5, 0.6) is 5.75 Å². The van der Waals surface area contributed by atoms with E-state index < -0.39 is 15.9 Å². The van der Waals surface area contributed by atoms with Crippen LogP contribution in [0.2, 0.25) is 0 Å². The zero-order chi connectivity index (χ0) is 18.4. The number of amides is 1. The number of rotatable bonds is 7. The summed E-state index contributed by atoms with van der Waals surface area (Å²) in [5.74, 6) is -0.157. The van der Waals surface area contributed by atoms with E-state index >= 15 is 0 Å². The molecule has 1 amide bonds. The van der Waals surface area contributed by atoms with Crippen LogP contribution in [0, 0.1) is 13.8 Å². The maximum absolute atomic E-state index is 12.5. The summed E-state index contributed by atoms with van der Waals surface area (Å²) in [6, 6.07) is 12.6. The summed E-state index contributed by atoms with van der Waals surface area (Å²) in [5.41, 5.74) is 2.70. The predicted molar refractivity (Wildman–Crippen MR) is 95.9 cm³/mol. The minimum Gasteiger partial charge on any atom is -0.495 e. The number of ether oxygens (including phenoxy) is 1. The van der Waals surface area contributed by atoms with Crippen molar-refractivity contribution >= 4 is 15.9 Å². The number of hydrogen-bond donors (Lipinski definition) is 2. The molecule has 0 unspecified atom stereocenters. The third kappa shape index (κ3) is 5.04. The van der Waals surface area contributed by atoms with Gasteiger partial charge in [0.15, 0.2) is 0 Å². The van der Waals surface area contributed by atoms with Gasteiger partial charge in [-0.15, -0.1) is 0 Å². The van der Waals surface area contributed by atoms with Crippen molar-refractivity contribution in [3.8, 4) is 5.75 Å². The van der Waals surface area contributed by atoms with Crippen LogP contribution >= 0.6 is 0 Å². The smallest absolute Gasteiger partial charge is 0.244 e. The predicted octanol–water partition coefficient (Wildman–Crippen LogP) is 1.91. The van der Waals surface area contributed by atoms with Gasteiger partial charge in [0.2, 0.25) is 15.9 Å². The summed E-state index contributed by atoms with van der Waals surface area (Å²) in [5, 5.41) is 2.67. The van der Waals surface area contributed by atoms with Gasteiger partial charge in [-0.05, 0) is 42.7 Å². The number of carbonyl (C=O) groups is 1. The van der Waals surface area contributed by atoms with Crippen LogP contribution in [0.4, 0.5) is 0 Å². The molecular formula is C18H22N2O4S. The van der Waals surface area contributed by atoms with Crippen LogP contribution in [-0.2, 0) is 21.4 Å². The molecule has 25 heavy (non-hydrogen) atoms. The Bertz CT molecular complexity index is 849. The molecule has 0 fully saturated rings. The summed E-state index contributed by atoms with van der Waals surface area (Å²) in [6.45, 7) is 3.69. The Morgan fingerprint density at radius 2 is 1.72 bits per heavy atom. The molecule has 2 N–H and O–H groups in total. The van der Waals surface area contributed by atoms with E-state index in [-0.39, 0.29) is 17.2 Å². The molecule has 134 valence electrons. The third-order valence-corrected chi connectivity index (χ3v) is 5.25. The van der Waals surface area contributed by atoms with Crippen molar-refractivity contribution in [1.29, 1.82) is 0 Å². The second kappa shape index (κ2) is 8.13. The number of aryl methyl sites for hydroxylation is 2. The number of carbonyl (C=O) groups excluding carboxylic acids is 1. The highest BCUT2D eigenvalue weighted by molar-refractivity contribution is 7.89. The quantitative estimate of drug-likeness (QED) is 0.788. The molecule has 0 aromatic heterocycles.